The van der Waals surface area contributed by atoms with Crippen LogP contribution in [0.15, 0.2) is 0 Å². The minimum atomic E-state index is -0.763. The zero-order valence-corrected chi connectivity index (χ0v) is 44.1. The Hall–Kier alpha value is -1.59. The number of esters is 3. The number of rotatable bonds is 51. The summed E-state index contributed by atoms with van der Waals surface area (Å²) in [4.78, 5) is 38.1. The monoisotopic (exact) mass is 905 g/mol. The first-order valence-electron chi connectivity index (χ1n) is 28.6. The van der Waals surface area contributed by atoms with Gasteiger partial charge in [-0.1, -0.05) is 279 Å². The predicted octanol–water partition coefficient (Wildman–Crippen LogP) is 18.7. The van der Waals surface area contributed by atoms with Crippen LogP contribution in [-0.2, 0) is 28.6 Å². The lowest BCUT2D eigenvalue weighted by molar-refractivity contribution is -0.167. The summed E-state index contributed by atoms with van der Waals surface area (Å²) < 4.78 is 16.9. The summed E-state index contributed by atoms with van der Waals surface area (Å²) >= 11 is 0. The summed E-state index contributed by atoms with van der Waals surface area (Å²) in [6, 6.07) is 0. The van der Waals surface area contributed by atoms with Gasteiger partial charge in [-0.05, 0) is 37.0 Å². The van der Waals surface area contributed by atoms with Crippen molar-refractivity contribution < 1.29 is 28.6 Å². The molecule has 0 aliphatic rings. The van der Waals surface area contributed by atoms with E-state index in [1.807, 2.05) is 0 Å². The van der Waals surface area contributed by atoms with Crippen molar-refractivity contribution in [3.05, 3.63) is 0 Å². The molecule has 0 aromatic rings. The Bertz CT molecular complexity index is 993. The molecule has 2 atom stereocenters. The van der Waals surface area contributed by atoms with Crippen LogP contribution in [0.1, 0.15) is 318 Å². The highest BCUT2D eigenvalue weighted by Gasteiger charge is 2.19. The van der Waals surface area contributed by atoms with Gasteiger partial charge in [-0.2, -0.15) is 0 Å². The molecule has 1 unspecified atom stereocenters. The standard InChI is InChI=1S/C58H112O6/c1-7-54(6)46-40-34-28-22-15-10-8-9-11-16-23-29-35-41-47-56(59)62-50-55(64-58(61)49-43-37-31-25-19-18-21-27-33-39-45-53(4)5)51-63-57(60)48-42-36-30-24-17-13-12-14-20-26-32-38-44-52(2)3/h52-55H,7-51H2,1-6H3/t54?,55-/m0/s1. The smallest absolute Gasteiger partial charge is 0.306 e. The molecule has 0 radical (unpaired) electrons. The molecule has 0 heterocycles. The lowest BCUT2D eigenvalue weighted by Gasteiger charge is -2.18. The van der Waals surface area contributed by atoms with Crippen molar-refractivity contribution in [2.24, 2.45) is 17.8 Å². The first-order chi connectivity index (χ1) is 31.1. The normalized spacial score (nSPS) is 12.6. The van der Waals surface area contributed by atoms with Gasteiger partial charge in [0.25, 0.3) is 0 Å². The number of hydrogen-bond acceptors (Lipinski definition) is 6. The van der Waals surface area contributed by atoms with Crippen LogP contribution in [0.3, 0.4) is 0 Å². The Balaban J connectivity index is 4.29. The zero-order chi connectivity index (χ0) is 47.0. The Morgan fingerprint density at radius 3 is 0.812 bits per heavy atom. The lowest BCUT2D eigenvalue weighted by Crippen LogP contribution is -2.30. The molecular weight excluding hydrogens is 793 g/mol. The van der Waals surface area contributed by atoms with Gasteiger partial charge >= 0.3 is 17.9 Å². The van der Waals surface area contributed by atoms with Gasteiger partial charge in [-0.3, -0.25) is 14.4 Å². The maximum atomic E-state index is 12.8. The number of ether oxygens (including phenoxy) is 3. The molecule has 0 saturated carbocycles. The van der Waals surface area contributed by atoms with Crippen LogP contribution >= 0.6 is 0 Å². The molecule has 64 heavy (non-hydrogen) atoms. The SMILES string of the molecule is CCC(C)CCCCCCCCCCCCCCCCC(=O)OC[C@@H](COC(=O)CCCCCCCCCCCCCCC(C)C)OC(=O)CCCCCCCCCCCCC(C)C. The van der Waals surface area contributed by atoms with E-state index in [4.69, 9.17) is 14.2 Å². The molecule has 0 spiro atoms. The van der Waals surface area contributed by atoms with E-state index in [1.165, 1.54) is 199 Å². The fourth-order valence-electron chi connectivity index (χ4n) is 8.79. The maximum Gasteiger partial charge on any atom is 0.306 e. The van der Waals surface area contributed by atoms with Gasteiger partial charge in [-0.15, -0.1) is 0 Å². The van der Waals surface area contributed by atoms with Crippen molar-refractivity contribution in [2.45, 2.75) is 324 Å². The van der Waals surface area contributed by atoms with E-state index in [1.54, 1.807) is 0 Å². The highest BCUT2D eigenvalue weighted by molar-refractivity contribution is 5.71. The second-order valence-electron chi connectivity index (χ2n) is 21.1. The molecule has 0 N–H and O–H groups in total. The molecule has 0 aliphatic heterocycles. The van der Waals surface area contributed by atoms with Gasteiger partial charge in [0.1, 0.15) is 13.2 Å². The van der Waals surface area contributed by atoms with Gasteiger partial charge in [0.15, 0.2) is 6.10 Å². The summed E-state index contributed by atoms with van der Waals surface area (Å²) in [6.07, 6.45) is 50.9. The van der Waals surface area contributed by atoms with Crippen LogP contribution in [0, 0.1) is 17.8 Å². The number of hydrogen-bond donors (Lipinski definition) is 0. The first-order valence-corrected chi connectivity index (χ1v) is 28.6. The second kappa shape index (κ2) is 49.3. The van der Waals surface area contributed by atoms with Crippen molar-refractivity contribution in [2.75, 3.05) is 13.2 Å². The quantitative estimate of drug-likeness (QED) is 0.0344. The van der Waals surface area contributed by atoms with Gasteiger partial charge in [-0.25, -0.2) is 0 Å². The summed E-state index contributed by atoms with van der Waals surface area (Å²) in [5.74, 6) is 1.70. The average Bonchev–Trinajstić information content (AvgIpc) is 3.27. The predicted molar refractivity (Wildman–Crippen MR) is 275 cm³/mol. The Morgan fingerprint density at radius 1 is 0.312 bits per heavy atom. The summed E-state index contributed by atoms with van der Waals surface area (Å²) in [6.45, 7) is 13.8. The van der Waals surface area contributed by atoms with Crippen molar-refractivity contribution in [3.8, 4) is 0 Å². The molecule has 0 rings (SSSR count). The zero-order valence-electron chi connectivity index (χ0n) is 44.1. The van der Waals surface area contributed by atoms with Crippen LogP contribution < -0.4 is 0 Å². The van der Waals surface area contributed by atoms with Crippen LogP contribution in [0.4, 0.5) is 0 Å². The third-order valence-electron chi connectivity index (χ3n) is 13.5. The van der Waals surface area contributed by atoms with E-state index in [9.17, 15) is 14.4 Å². The van der Waals surface area contributed by atoms with Crippen molar-refractivity contribution >= 4 is 17.9 Å². The molecule has 0 saturated heterocycles. The Morgan fingerprint density at radius 2 is 0.547 bits per heavy atom. The molecule has 0 aromatic heterocycles. The van der Waals surface area contributed by atoms with Crippen molar-refractivity contribution in [1.82, 2.24) is 0 Å². The Kier molecular flexibility index (Phi) is 48.1. The minimum Gasteiger partial charge on any atom is -0.462 e. The average molecular weight is 906 g/mol. The molecule has 6 nitrogen and oxygen atoms in total. The molecular formula is C58H112O6. The highest BCUT2D eigenvalue weighted by Crippen LogP contribution is 2.19. The molecule has 0 amide bonds. The van der Waals surface area contributed by atoms with Gasteiger partial charge < -0.3 is 14.2 Å². The van der Waals surface area contributed by atoms with Crippen molar-refractivity contribution in [3.63, 3.8) is 0 Å². The fourth-order valence-corrected chi connectivity index (χ4v) is 8.79. The van der Waals surface area contributed by atoms with E-state index in [0.29, 0.717) is 19.3 Å². The first kappa shape index (κ1) is 62.4. The number of unbranched alkanes of at least 4 members (excludes halogenated alkanes) is 33. The van der Waals surface area contributed by atoms with Gasteiger partial charge in [0, 0.05) is 19.3 Å². The summed E-state index contributed by atoms with van der Waals surface area (Å²) in [5, 5.41) is 0. The molecule has 0 fully saturated rings. The lowest BCUT2D eigenvalue weighted by atomic mass is 9.99. The van der Waals surface area contributed by atoms with Crippen LogP contribution in [0.5, 0.6) is 0 Å². The van der Waals surface area contributed by atoms with Crippen molar-refractivity contribution in [1.29, 1.82) is 0 Å². The van der Waals surface area contributed by atoms with E-state index in [0.717, 1.165) is 75.5 Å². The molecule has 380 valence electrons. The topological polar surface area (TPSA) is 78.9 Å². The Labute approximate surface area is 399 Å². The molecule has 6 heteroatoms. The molecule has 0 bridgehead atoms. The molecule has 0 aromatic carbocycles. The summed E-state index contributed by atoms with van der Waals surface area (Å²) in [7, 11) is 0. The third kappa shape index (κ3) is 49.8. The molecule has 0 aliphatic carbocycles. The van der Waals surface area contributed by atoms with E-state index in [-0.39, 0.29) is 31.1 Å². The van der Waals surface area contributed by atoms with E-state index >= 15 is 0 Å². The largest absolute Gasteiger partial charge is 0.462 e. The minimum absolute atomic E-state index is 0.0638. The van der Waals surface area contributed by atoms with Gasteiger partial charge in [0.05, 0.1) is 0 Å². The second-order valence-corrected chi connectivity index (χ2v) is 21.1. The van der Waals surface area contributed by atoms with E-state index < -0.39 is 6.10 Å². The maximum absolute atomic E-state index is 12.8. The van der Waals surface area contributed by atoms with E-state index in [2.05, 4.69) is 41.5 Å². The number of carbonyl (C=O) groups is 3. The number of carbonyl (C=O) groups excluding carboxylic acids is 3. The third-order valence-corrected chi connectivity index (χ3v) is 13.5. The fraction of sp³-hybridized carbons (Fsp3) is 0.948. The van der Waals surface area contributed by atoms with Crippen LogP contribution in [0.25, 0.3) is 0 Å². The van der Waals surface area contributed by atoms with Gasteiger partial charge in [0.2, 0.25) is 0 Å². The highest BCUT2D eigenvalue weighted by atomic mass is 16.6. The van der Waals surface area contributed by atoms with Crippen LogP contribution in [-0.4, -0.2) is 37.2 Å². The summed E-state index contributed by atoms with van der Waals surface area (Å²) in [5.41, 5.74) is 0. The van der Waals surface area contributed by atoms with Crippen LogP contribution in [0.2, 0.25) is 0 Å².